The Balaban J connectivity index is 1.50. The fourth-order valence-corrected chi connectivity index (χ4v) is 4.80. The molecule has 8 heteroatoms. The van der Waals surface area contributed by atoms with Gasteiger partial charge in [-0.1, -0.05) is 0 Å². The summed E-state index contributed by atoms with van der Waals surface area (Å²) in [5.74, 6) is 1.00. The Kier molecular flexibility index (Phi) is 5.56. The molecule has 26 heavy (non-hydrogen) atoms. The van der Waals surface area contributed by atoms with Crippen molar-refractivity contribution in [2.24, 2.45) is 0 Å². The van der Waals surface area contributed by atoms with E-state index in [4.69, 9.17) is 14.2 Å². The van der Waals surface area contributed by atoms with Gasteiger partial charge in [0.15, 0.2) is 0 Å². The summed E-state index contributed by atoms with van der Waals surface area (Å²) >= 11 is -1.33. The van der Waals surface area contributed by atoms with Gasteiger partial charge in [0.1, 0.15) is 12.2 Å². The van der Waals surface area contributed by atoms with Crippen LogP contribution in [0, 0.1) is 6.92 Å². The van der Waals surface area contributed by atoms with Crippen LogP contribution in [-0.2, 0) is 16.1 Å². The van der Waals surface area contributed by atoms with E-state index in [9.17, 15) is 4.55 Å². The highest BCUT2D eigenvalue weighted by Gasteiger charge is 2.42. The van der Waals surface area contributed by atoms with E-state index in [0.717, 1.165) is 38.0 Å². The normalized spacial score (nSPS) is 25.5. The Morgan fingerprint density at radius 3 is 2.88 bits per heavy atom. The summed E-state index contributed by atoms with van der Waals surface area (Å²) in [6.45, 7) is 7.58. The molecule has 7 nitrogen and oxygen atoms in total. The summed E-state index contributed by atoms with van der Waals surface area (Å²) < 4.78 is 33.4. The molecule has 0 bridgehead atoms. The van der Waals surface area contributed by atoms with Gasteiger partial charge >= 0.3 is 0 Å². The second-order valence-electron chi connectivity index (χ2n) is 7.30. The fraction of sp³-hybridized carbons (Fsp3) is 0.722. The lowest BCUT2D eigenvalue weighted by atomic mass is 9.94. The summed E-state index contributed by atoms with van der Waals surface area (Å²) in [4.78, 5) is 7.60. The molecule has 3 aliphatic heterocycles. The van der Waals surface area contributed by atoms with Crippen molar-refractivity contribution in [1.29, 1.82) is 0 Å². The molecule has 0 radical (unpaired) electrons. The Bertz CT molecular complexity index is 633. The monoisotopic (exact) mass is 381 g/mol. The molecular formula is C18H27N3O4S. The quantitative estimate of drug-likeness (QED) is 0.790. The van der Waals surface area contributed by atoms with E-state index in [1.165, 1.54) is 12.8 Å². The van der Waals surface area contributed by atoms with Gasteiger partial charge in [-0.2, -0.15) is 4.98 Å². The van der Waals surface area contributed by atoms with Crippen LogP contribution in [0.5, 0.6) is 11.8 Å². The minimum absolute atomic E-state index is 0.408. The highest BCUT2D eigenvalue weighted by Crippen LogP contribution is 2.36. The summed E-state index contributed by atoms with van der Waals surface area (Å²) in [7, 11) is 0. The maximum Gasteiger partial charge on any atom is 0.276 e. The third kappa shape index (κ3) is 3.94. The van der Waals surface area contributed by atoms with Gasteiger partial charge in [0.25, 0.3) is 5.88 Å². The second-order valence-corrected chi connectivity index (χ2v) is 8.56. The predicted molar refractivity (Wildman–Crippen MR) is 98.0 cm³/mol. The average molecular weight is 381 g/mol. The largest absolute Gasteiger partial charge is 0.593 e. The molecule has 4 heterocycles. The van der Waals surface area contributed by atoms with Crippen molar-refractivity contribution >= 4 is 11.4 Å². The standard InChI is InChI=1S/C18H27N3O4S/c1-14-12-15-17(20-16(14)24-11-8-21-6-2-3-7-21)25-18(13-19-26(15)22)4-9-23-10-5-18/h12,19H,2-11,13H2,1H3. The van der Waals surface area contributed by atoms with Crippen molar-refractivity contribution in [3.05, 3.63) is 11.6 Å². The maximum atomic E-state index is 12.6. The summed E-state index contributed by atoms with van der Waals surface area (Å²) in [6.07, 6.45) is 4.07. The molecule has 0 saturated carbocycles. The topological polar surface area (TPSA) is 78.9 Å². The van der Waals surface area contributed by atoms with Gasteiger partial charge in [0.2, 0.25) is 10.8 Å². The lowest BCUT2D eigenvalue weighted by molar-refractivity contribution is -0.0445. The van der Waals surface area contributed by atoms with Gasteiger partial charge in [-0.05, 0) is 32.9 Å². The van der Waals surface area contributed by atoms with Crippen LogP contribution in [0.3, 0.4) is 0 Å². The van der Waals surface area contributed by atoms with E-state index in [-0.39, 0.29) is 0 Å². The molecule has 1 atom stereocenters. The Hall–Kier alpha value is -1.06. The first kappa shape index (κ1) is 18.3. The molecule has 1 aromatic heterocycles. The lowest BCUT2D eigenvalue weighted by Gasteiger charge is -2.34. The highest BCUT2D eigenvalue weighted by atomic mass is 32.2. The van der Waals surface area contributed by atoms with Gasteiger partial charge in [-0.3, -0.25) is 4.90 Å². The molecule has 144 valence electrons. The molecule has 0 aromatic carbocycles. The van der Waals surface area contributed by atoms with Crippen LogP contribution in [0.1, 0.15) is 31.2 Å². The number of nitrogens with one attached hydrogen (secondary N) is 1. The van der Waals surface area contributed by atoms with Gasteiger partial charge in [-0.15, -0.1) is 4.72 Å². The van der Waals surface area contributed by atoms with E-state index in [0.29, 0.717) is 43.0 Å². The minimum atomic E-state index is -1.33. The smallest absolute Gasteiger partial charge is 0.276 e. The van der Waals surface area contributed by atoms with Crippen molar-refractivity contribution in [1.82, 2.24) is 14.6 Å². The predicted octanol–water partition coefficient (Wildman–Crippen LogP) is 1.42. The SMILES string of the molecule is Cc1cc2c(nc1OCCN1CCCC1)OC1(CCOCC1)CN[S+]2[O-]. The number of pyridine rings is 1. The van der Waals surface area contributed by atoms with E-state index < -0.39 is 17.0 Å². The van der Waals surface area contributed by atoms with Crippen molar-refractivity contribution in [3.63, 3.8) is 0 Å². The molecule has 4 rings (SSSR count). The van der Waals surface area contributed by atoms with E-state index in [2.05, 4.69) is 14.6 Å². The molecule has 0 amide bonds. The fourth-order valence-electron chi connectivity index (χ4n) is 3.72. The molecule has 1 unspecified atom stereocenters. The zero-order valence-corrected chi connectivity index (χ0v) is 16.1. The summed E-state index contributed by atoms with van der Waals surface area (Å²) in [5.41, 5.74) is 0.473. The number of ether oxygens (including phenoxy) is 3. The molecule has 2 fully saturated rings. The lowest BCUT2D eigenvalue weighted by Crippen LogP contribution is -2.49. The molecule has 0 aliphatic carbocycles. The molecule has 1 spiro atoms. The average Bonchev–Trinajstić information content (AvgIpc) is 3.12. The number of aromatic nitrogens is 1. The van der Waals surface area contributed by atoms with E-state index in [1.807, 2.05) is 13.0 Å². The van der Waals surface area contributed by atoms with Crippen LogP contribution < -0.4 is 14.2 Å². The molecule has 3 aliphatic rings. The van der Waals surface area contributed by atoms with Crippen LogP contribution >= 0.6 is 0 Å². The maximum absolute atomic E-state index is 12.6. The number of nitrogens with zero attached hydrogens (tertiary/aromatic N) is 2. The number of rotatable bonds is 4. The zero-order valence-electron chi connectivity index (χ0n) is 15.3. The van der Waals surface area contributed by atoms with Crippen molar-refractivity contribution < 1.29 is 18.8 Å². The minimum Gasteiger partial charge on any atom is -0.593 e. The third-order valence-electron chi connectivity index (χ3n) is 5.39. The number of hydrogen-bond donors (Lipinski definition) is 1. The van der Waals surface area contributed by atoms with Crippen LogP contribution in [0.25, 0.3) is 0 Å². The highest BCUT2D eigenvalue weighted by molar-refractivity contribution is 7.89. The van der Waals surface area contributed by atoms with Crippen LogP contribution in [0.4, 0.5) is 0 Å². The van der Waals surface area contributed by atoms with Gasteiger partial charge in [-0.25, -0.2) is 0 Å². The van der Waals surface area contributed by atoms with Crippen LogP contribution in [0.2, 0.25) is 0 Å². The zero-order chi connectivity index (χ0) is 18.0. The first-order valence-electron chi connectivity index (χ1n) is 9.44. The van der Waals surface area contributed by atoms with Gasteiger partial charge in [0.05, 0.1) is 31.1 Å². The second kappa shape index (κ2) is 7.90. The van der Waals surface area contributed by atoms with Crippen LogP contribution in [-0.4, -0.2) is 66.0 Å². The Morgan fingerprint density at radius 1 is 1.35 bits per heavy atom. The first-order valence-corrected chi connectivity index (χ1v) is 10.6. The molecule has 1 N–H and O–H groups in total. The van der Waals surface area contributed by atoms with Gasteiger partial charge < -0.3 is 18.8 Å². The third-order valence-corrected chi connectivity index (χ3v) is 6.48. The van der Waals surface area contributed by atoms with Crippen LogP contribution in [0.15, 0.2) is 11.0 Å². The number of hydrogen-bond acceptors (Lipinski definition) is 7. The Morgan fingerprint density at radius 2 is 2.12 bits per heavy atom. The van der Waals surface area contributed by atoms with Crippen molar-refractivity contribution in [2.45, 2.75) is 43.1 Å². The summed E-state index contributed by atoms with van der Waals surface area (Å²) in [6, 6.07) is 1.87. The molecule has 1 aromatic rings. The Labute approximate surface area is 157 Å². The molecular weight excluding hydrogens is 354 g/mol. The molecule has 2 saturated heterocycles. The number of aryl methyl sites for hydroxylation is 1. The van der Waals surface area contributed by atoms with Crippen molar-refractivity contribution in [3.8, 4) is 11.8 Å². The first-order chi connectivity index (χ1) is 12.7. The van der Waals surface area contributed by atoms with E-state index >= 15 is 0 Å². The number of fused-ring (bicyclic) bond motifs is 1. The van der Waals surface area contributed by atoms with E-state index in [1.54, 1.807) is 0 Å². The van der Waals surface area contributed by atoms with Gasteiger partial charge in [0, 0.05) is 31.0 Å². The number of likely N-dealkylation sites (tertiary alicyclic amines) is 1. The van der Waals surface area contributed by atoms with Crippen molar-refractivity contribution in [2.75, 3.05) is 46.0 Å². The summed E-state index contributed by atoms with van der Waals surface area (Å²) in [5, 5.41) is 0.